The van der Waals surface area contributed by atoms with E-state index < -0.39 is 17.8 Å². The molecule has 0 radical (unpaired) electrons. The van der Waals surface area contributed by atoms with E-state index in [4.69, 9.17) is 4.42 Å². The third-order valence-electron chi connectivity index (χ3n) is 4.06. The summed E-state index contributed by atoms with van der Waals surface area (Å²) < 4.78 is 44.0. The molecule has 1 aliphatic heterocycles. The number of nitrogens with one attached hydrogen (secondary N) is 1. The van der Waals surface area contributed by atoms with Gasteiger partial charge in [0, 0.05) is 26.2 Å². The Bertz CT molecular complexity index is 782. The molecule has 1 N–H and O–H groups in total. The zero-order chi connectivity index (χ0) is 18.7. The fraction of sp³-hybridized carbons (Fsp3) is 0.294. The first-order valence-electron chi connectivity index (χ1n) is 7.91. The molecule has 9 heteroatoms. The maximum Gasteiger partial charge on any atom is 0.418 e. The highest BCUT2D eigenvalue weighted by molar-refractivity contribution is 5.92. The molecular formula is C17H16F3N3O3. The highest BCUT2D eigenvalue weighted by Gasteiger charge is 2.34. The van der Waals surface area contributed by atoms with Crippen LogP contribution in [0.25, 0.3) is 0 Å². The summed E-state index contributed by atoms with van der Waals surface area (Å²) in [7, 11) is 0. The molecule has 0 spiro atoms. The minimum absolute atomic E-state index is 0.210. The maximum atomic E-state index is 13.0. The van der Waals surface area contributed by atoms with Crippen molar-refractivity contribution in [3.63, 3.8) is 0 Å². The lowest BCUT2D eigenvalue weighted by Crippen LogP contribution is -2.51. The summed E-state index contributed by atoms with van der Waals surface area (Å²) in [5.41, 5.74) is -1.20. The Morgan fingerprint density at radius 2 is 1.62 bits per heavy atom. The van der Waals surface area contributed by atoms with Crippen molar-refractivity contribution in [2.75, 3.05) is 31.5 Å². The van der Waals surface area contributed by atoms with Gasteiger partial charge in [0.05, 0.1) is 17.5 Å². The Morgan fingerprint density at radius 3 is 2.23 bits per heavy atom. The first-order chi connectivity index (χ1) is 12.4. The second-order valence-electron chi connectivity index (χ2n) is 5.73. The zero-order valence-corrected chi connectivity index (χ0v) is 13.6. The maximum absolute atomic E-state index is 13.0. The van der Waals surface area contributed by atoms with Crippen LogP contribution in [0, 0.1) is 0 Å². The van der Waals surface area contributed by atoms with Gasteiger partial charge in [0.25, 0.3) is 5.91 Å². The second-order valence-corrected chi connectivity index (χ2v) is 5.73. The fourth-order valence-corrected chi connectivity index (χ4v) is 2.70. The SMILES string of the molecule is O=C(Nc1ccccc1C(F)(F)F)N1CCN(C(=O)c2ccco2)CC1. The Hall–Kier alpha value is -2.97. The van der Waals surface area contributed by atoms with Gasteiger partial charge in [0.2, 0.25) is 0 Å². The van der Waals surface area contributed by atoms with E-state index in [9.17, 15) is 22.8 Å². The van der Waals surface area contributed by atoms with Crippen molar-refractivity contribution in [2.24, 2.45) is 0 Å². The highest BCUT2D eigenvalue weighted by Crippen LogP contribution is 2.34. The number of hydrogen-bond acceptors (Lipinski definition) is 3. The molecule has 0 atom stereocenters. The van der Waals surface area contributed by atoms with Crippen molar-refractivity contribution >= 4 is 17.6 Å². The van der Waals surface area contributed by atoms with E-state index in [-0.39, 0.29) is 43.5 Å². The molecule has 0 saturated carbocycles. The third-order valence-corrected chi connectivity index (χ3v) is 4.06. The number of carbonyl (C=O) groups is 2. The first-order valence-corrected chi connectivity index (χ1v) is 7.91. The largest absolute Gasteiger partial charge is 0.459 e. The van der Waals surface area contributed by atoms with Crippen LogP contribution in [0.15, 0.2) is 47.1 Å². The van der Waals surface area contributed by atoms with Crippen LogP contribution in [0.2, 0.25) is 0 Å². The number of urea groups is 1. The number of para-hydroxylation sites is 1. The van der Waals surface area contributed by atoms with Crippen LogP contribution in [0.4, 0.5) is 23.7 Å². The number of nitrogens with zero attached hydrogens (tertiary/aromatic N) is 2. The highest BCUT2D eigenvalue weighted by atomic mass is 19.4. The Kier molecular flexibility index (Phi) is 4.88. The average Bonchev–Trinajstić information content (AvgIpc) is 3.15. The van der Waals surface area contributed by atoms with Gasteiger partial charge in [-0.1, -0.05) is 12.1 Å². The predicted molar refractivity (Wildman–Crippen MR) is 86.6 cm³/mol. The molecule has 0 bridgehead atoms. The van der Waals surface area contributed by atoms with E-state index in [1.54, 1.807) is 12.1 Å². The van der Waals surface area contributed by atoms with Gasteiger partial charge in [0.1, 0.15) is 0 Å². The molecule has 138 valence electrons. The quantitative estimate of drug-likeness (QED) is 0.886. The summed E-state index contributed by atoms with van der Waals surface area (Å²) in [5.74, 6) is -0.0699. The number of benzene rings is 1. The minimum Gasteiger partial charge on any atom is -0.459 e. The third kappa shape index (κ3) is 3.81. The summed E-state index contributed by atoms with van der Waals surface area (Å²) in [6.07, 6.45) is -3.16. The van der Waals surface area contributed by atoms with Gasteiger partial charge in [-0.2, -0.15) is 13.2 Å². The van der Waals surface area contributed by atoms with Gasteiger partial charge in [-0.3, -0.25) is 4.79 Å². The molecule has 6 nitrogen and oxygen atoms in total. The molecule has 3 rings (SSSR count). The fourth-order valence-electron chi connectivity index (χ4n) is 2.70. The van der Waals surface area contributed by atoms with Gasteiger partial charge >= 0.3 is 12.2 Å². The van der Waals surface area contributed by atoms with Crippen molar-refractivity contribution in [2.45, 2.75) is 6.18 Å². The van der Waals surface area contributed by atoms with Gasteiger partial charge < -0.3 is 19.5 Å². The van der Waals surface area contributed by atoms with Gasteiger partial charge in [-0.15, -0.1) is 0 Å². The van der Waals surface area contributed by atoms with E-state index >= 15 is 0 Å². The van der Waals surface area contributed by atoms with Crippen LogP contribution in [-0.2, 0) is 6.18 Å². The lowest BCUT2D eigenvalue weighted by Gasteiger charge is -2.34. The summed E-state index contributed by atoms with van der Waals surface area (Å²) >= 11 is 0. The van der Waals surface area contributed by atoms with E-state index in [1.165, 1.54) is 34.3 Å². The number of alkyl halides is 3. The molecule has 1 aliphatic rings. The second kappa shape index (κ2) is 7.11. The number of hydrogen-bond donors (Lipinski definition) is 1. The van der Waals surface area contributed by atoms with E-state index in [0.29, 0.717) is 0 Å². The lowest BCUT2D eigenvalue weighted by molar-refractivity contribution is -0.136. The van der Waals surface area contributed by atoms with Gasteiger partial charge in [-0.25, -0.2) is 4.79 Å². The summed E-state index contributed by atoms with van der Waals surface area (Å²) in [5, 5.41) is 2.30. The monoisotopic (exact) mass is 367 g/mol. The number of halogens is 3. The molecule has 1 aromatic carbocycles. The number of amides is 3. The van der Waals surface area contributed by atoms with Crippen LogP contribution in [0.3, 0.4) is 0 Å². The Morgan fingerprint density at radius 1 is 0.962 bits per heavy atom. The van der Waals surface area contributed by atoms with Crippen LogP contribution >= 0.6 is 0 Å². The van der Waals surface area contributed by atoms with Crippen LogP contribution < -0.4 is 5.32 Å². The molecule has 1 fully saturated rings. The lowest BCUT2D eigenvalue weighted by atomic mass is 10.1. The van der Waals surface area contributed by atoms with Crippen LogP contribution in [-0.4, -0.2) is 47.9 Å². The topological polar surface area (TPSA) is 65.8 Å². The molecule has 1 aromatic heterocycles. The average molecular weight is 367 g/mol. The van der Waals surface area contributed by atoms with Crippen molar-refractivity contribution in [1.29, 1.82) is 0 Å². The van der Waals surface area contributed by atoms with Crippen molar-refractivity contribution in [3.8, 4) is 0 Å². The molecule has 0 unspecified atom stereocenters. The summed E-state index contributed by atoms with van der Waals surface area (Å²) in [4.78, 5) is 27.4. The number of carbonyl (C=O) groups excluding carboxylic acids is 2. The van der Waals surface area contributed by atoms with Crippen LogP contribution in [0.5, 0.6) is 0 Å². The molecule has 2 heterocycles. The summed E-state index contributed by atoms with van der Waals surface area (Å²) in [6.45, 7) is 0.973. The van der Waals surface area contributed by atoms with Crippen molar-refractivity contribution in [3.05, 3.63) is 54.0 Å². The molecule has 2 aromatic rings. The number of anilines is 1. The minimum atomic E-state index is -4.56. The normalized spacial score (nSPS) is 15.0. The molecule has 3 amide bonds. The molecule has 0 aliphatic carbocycles. The standard InChI is InChI=1S/C17H16F3N3O3/c18-17(19,20)12-4-1-2-5-13(12)21-16(25)23-9-7-22(8-10-23)15(24)14-6-3-11-26-14/h1-6,11H,7-10H2,(H,21,25). The Balaban J connectivity index is 1.60. The number of rotatable bonds is 2. The van der Waals surface area contributed by atoms with E-state index in [2.05, 4.69) is 5.32 Å². The predicted octanol–water partition coefficient (Wildman–Crippen LogP) is 3.29. The van der Waals surface area contributed by atoms with E-state index in [0.717, 1.165) is 6.07 Å². The number of piperazine rings is 1. The molecule has 1 saturated heterocycles. The Labute approximate surface area is 147 Å². The molecular weight excluding hydrogens is 351 g/mol. The van der Waals surface area contributed by atoms with Crippen LogP contribution in [0.1, 0.15) is 16.1 Å². The number of furan rings is 1. The summed E-state index contributed by atoms with van der Waals surface area (Å²) in [6, 6.07) is 7.33. The zero-order valence-electron chi connectivity index (χ0n) is 13.6. The van der Waals surface area contributed by atoms with Gasteiger partial charge in [0.15, 0.2) is 5.76 Å². The molecule has 26 heavy (non-hydrogen) atoms. The smallest absolute Gasteiger partial charge is 0.418 e. The first kappa shape index (κ1) is 17.8. The van der Waals surface area contributed by atoms with Crippen molar-refractivity contribution in [1.82, 2.24) is 9.80 Å². The van der Waals surface area contributed by atoms with Gasteiger partial charge in [-0.05, 0) is 24.3 Å². The van der Waals surface area contributed by atoms with Crippen molar-refractivity contribution < 1.29 is 27.2 Å². The van der Waals surface area contributed by atoms with E-state index in [1.807, 2.05) is 0 Å².